The molecule has 0 saturated carbocycles. The normalized spacial score (nSPS) is 13.4. The number of alkyl halides is 5. The minimum atomic E-state index is -4.69. The van der Waals surface area contributed by atoms with Gasteiger partial charge in [0.05, 0.1) is 0 Å². The largest absolute Gasteiger partial charge is 0.433 e. The van der Waals surface area contributed by atoms with Crippen molar-refractivity contribution in [2.24, 2.45) is 0 Å². The van der Waals surface area contributed by atoms with Crippen molar-refractivity contribution in [3.8, 4) is 0 Å². The van der Waals surface area contributed by atoms with Gasteiger partial charge in [-0.15, -0.1) is 0 Å². The monoisotopic (exact) mass is 300 g/mol. The molecule has 0 radical (unpaired) electrons. The van der Waals surface area contributed by atoms with Gasteiger partial charge in [0.1, 0.15) is 11.9 Å². The highest BCUT2D eigenvalue weighted by Gasteiger charge is 2.33. The van der Waals surface area contributed by atoms with Gasteiger partial charge in [0.25, 0.3) is 6.43 Å². The Kier molecular flexibility index (Phi) is 5.43. The number of anilines is 2. The van der Waals surface area contributed by atoms with Crippen molar-refractivity contribution in [1.29, 1.82) is 0 Å². The molecule has 0 amide bonds. The zero-order valence-electron chi connectivity index (χ0n) is 10.4. The zero-order valence-corrected chi connectivity index (χ0v) is 10.4. The van der Waals surface area contributed by atoms with Crippen LogP contribution in [0.25, 0.3) is 0 Å². The maximum absolute atomic E-state index is 12.6. The van der Waals surface area contributed by atoms with Crippen molar-refractivity contribution >= 4 is 11.8 Å². The molecular formula is C10H13F5N4O. The van der Waals surface area contributed by atoms with Crippen molar-refractivity contribution in [2.75, 3.05) is 23.7 Å². The van der Waals surface area contributed by atoms with Crippen molar-refractivity contribution in [2.45, 2.75) is 25.6 Å². The van der Waals surface area contributed by atoms with Crippen LogP contribution < -0.4 is 10.6 Å². The van der Waals surface area contributed by atoms with E-state index in [-0.39, 0.29) is 11.8 Å². The van der Waals surface area contributed by atoms with Crippen LogP contribution in [-0.4, -0.2) is 40.7 Å². The summed E-state index contributed by atoms with van der Waals surface area (Å²) in [6, 6.07) is 0.582. The fourth-order valence-corrected chi connectivity index (χ4v) is 1.22. The van der Waals surface area contributed by atoms with Gasteiger partial charge in [-0.2, -0.15) is 18.2 Å². The maximum Gasteiger partial charge on any atom is 0.433 e. The Morgan fingerprint density at radius 2 is 1.90 bits per heavy atom. The van der Waals surface area contributed by atoms with Gasteiger partial charge in [0.15, 0.2) is 5.69 Å². The number of hydrogen-bond acceptors (Lipinski definition) is 5. The molecule has 0 fully saturated rings. The number of halogens is 5. The molecule has 0 aliphatic carbocycles. The zero-order chi connectivity index (χ0) is 15.3. The van der Waals surface area contributed by atoms with Crippen LogP contribution in [0.3, 0.4) is 0 Å². The Morgan fingerprint density at radius 3 is 2.40 bits per heavy atom. The van der Waals surface area contributed by atoms with Gasteiger partial charge in [-0.25, -0.2) is 13.8 Å². The third kappa shape index (κ3) is 4.76. The average Bonchev–Trinajstić information content (AvgIpc) is 2.35. The predicted octanol–water partition coefficient (Wildman–Crippen LogP) is 1.97. The lowest BCUT2D eigenvalue weighted by Crippen LogP contribution is -2.27. The first-order chi connectivity index (χ1) is 9.24. The number of aliphatic hydroxyl groups is 1. The predicted molar refractivity (Wildman–Crippen MR) is 61.7 cm³/mol. The van der Waals surface area contributed by atoms with E-state index in [4.69, 9.17) is 5.11 Å². The number of nitrogens with one attached hydrogen (secondary N) is 2. The molecule has 1 unspecified atom stereocenters. The molecule has 10 heteroatoms. The van der Waals surface area contributed by atoms with E-state index in [9.17, 15) is 22.0 Å². The third-order valence-electron chi connectivity index (χ3n) is 2.13. The van der Waals surface area contributed by atoms with E-state index in [1.54, 1.807) is 6.92 Å². The van der Waals surface area contributed by atoms with E-state index < -0.39 is 30.9 Å². The molecular weight excluding hydrogens is 287 g/mol. The van der Waals surface area contributed by atoms with Gasteiger partial charge in [-0.3, -0.25) is 0 Å². The van der Waals surface area contributed by atoms with Crippen LogP contribution in [0.2, 0.25) is 0 Å². The number of aromatic nitrogens is 2. The summed E-state index contributed by atoms with van der Waals surface area (Å²) >= 11 is 0. The highest BCUT2D eigenvalue weighted by atomic mass is 19.4. The maximum atomic E-state index is 12.6. The van der Waals surface area contributed by atoms with Gasteiger partial charge in [0.2, 0.25) is 5.95 Å². The van der Waals surface area contributed by atoms with Crippen LogP contribution in [0.4, 0.5) is 33.7 Å². The van der Waals surface area contributed by atoms with E-state index in [1.165, 1.54) is 0 Å². The number of nitrogens with zero attached hydrogens (tertiary/aromatic N) is 2. The van der Waals surface area contributed by atoms with Crippen molar-refractivity contribution in [1.82, 2.24) is 9.97 Å². The van der Waals surface area contributed by atoms with Crippen LogP contribution in [0.15, 0.2) is 6.07 Å². The fraction of sp³-hybridized carbons (Fsp3) is 0.600. The van der Waals surface area contributed by atoms with Crippen molar-refractivity contribution in [3.63, 3.8) is 0 Å². The Labute approximate surface area is 111 Å². The summed E-state index contributed by atoms with van der Waals surface area (Å²) in [5.41, 5.74) is -1.21. The summed E-state index contributed by atoms with van der Waals surface area (Å²) < 4.78 is 62.0. The Balaban J connectivity index is 2.91. The molecule has 0 spiro atoms. The molecule has 0 aliphatic heterocycles. The molecule has 1 aromatic heterocycles. The first-order valence-corrected chi connectivity index (χ1v) is 5.64. The van der Waals surface area contributed by atoms with Crippen molar-refractivity contribution in [3.05, 3.63) is 11.8 Å². The van der Waals surface area contributed by atoms with E-state index >= 15 is 0 Å². The highest BCUT2D eigenvalue weighted by Crippen LogP contribution is 2.29. The highest BCUT2D eigenvalue weighted by molar-refractivity contribution is 5.43. The topological polar surface area (TPSA) is 70.1 Å². The minimum absolute atomic E-state index is 0.281. The molecule has 5 nitrogen and oxygen atoms in total. The van der Waals surface area contributed by atoms with Gasteiger partial charge in [0, 0.05) is 19.2 Å². The molecule has 1 atom stereocenters. The van der Waals surface area contributed by atoms with E-state index in [2.05, 4.69) is 20.6 Å². The van der Waals surface area contributed by atoms with E-state index in [0.29, 0.717) is 12.6 Å². The first kappa shape index (κ1) is 16.3. The lowest BCUT2D eigenvalue weighted by molar-refractivity contribution is -0.141. The Hall–Kier alpha value is -1.71. The second kappa shape index (κ2) is 6.64. The summed E-state index contributed by atoms with van der Waals surface area (Å²) in [5.74, 6) is -0.584. The average molecular weight is 300 g/mol. The summed E-state index contributed by atoms with van der Waals surface area (Å²) in [7, 11) is 0. The van der Waals surface area contributed by atoms with Gasteiger partial charge >= 0.3 is 6.18 Å². The van der Waals surface area contributed by atoms with Crippen molar-refractivity contribution < 1.29 is 27.1 Å². The van der Waals surface area contributed by atoms with Gasteiger partial charge in [-0.1, -0.05) is 0 Å². The smallest absolute Gasteiger partial charge is 0.385 e. The molecule has 1 aromatic rings. The number of hydrogen-bond donors (Lipinski definition) is 3. The van der Waals surface area contributed by atoms with Crippen LogP contribution in [0.1, 0.15) is 12.6 Å². The molecule has 20 heavy (non-hydrogen) atoms. The lowest BCUT2D eigenvalue weighted by Gasteiger charge is -2.14. The van der Waals surface area contributed by atoms with Crippen LogP contribution in [-0.2, 0) is 6.18 Å². The quantitative estimate of drug-likeness (QED) is 0.701. The molecule has 0 aliphatic rings. The first-order valence-electron chi connectivity index (χ1n) is 5.64. The third-order valence-corrected chi connectivity index (χ3v) is 2.13. The molecule has 114 valence electrons. The molecule has 1 rings (SSSR count). The van der Waals surface area contributed by atoms with E-state index in [0.717, 1.165) is 0 Å². The fourth-order valence-electron chi connectivity index (χ4n) is 1.22. The second-order valence-electron chi connectivity index (χ2n) is 3.77. The Bertz CT molecular complexity index is 440. The second-order valence-corrected chi connectivity index (χ2v) is 3.77. The lowest BCUT2D eigenvalue weighted by atomic mass is 10.3. The van der Waals surface area contributed by atoms with Crippen LogP contribution in [0.5, 0.6) is 0 Å². The van der Waals surface area contributed by atoms with Crippen LogP contribution in [0, 0.1) is 0 Å². The summed E-state index contributed by atoms with van der Waals surface area (Å²) in [6.45, 7) is 1.30. The van der Waals surface area contributed by atoms with E-state index in [1.807, 2.05) is 0 Å². The minimum Gasteiger partial charge on any atom is -0.385 e. The summed E-state index contributed by atoms with van der Waals surface area (Å²) in [4.78, 5) is 6.94. The molecule has 0 aromatic carbocycles. The van der Waals surface area contributed by atoms with Gasteiger partial charge in [-0.05, 0) is 6.92 Å². The molecule has 3 N–H and O–H groups in total. The standard InChI is InChI=1S/C10H13F5N4O/c1-2-16-9-18-6(10(13,14)15)3-7(19-9)17-4-5(20)8(11)12/h3,5,8,20H,2,4H2,1H3,(H2,16,17,18,19). The van der Waals surface area contributed by atoms with Crippen LogP contribution >= 0.6 is 0 Å². The summed E-state index contributed by atoms with van der Waals surface area (Å²) in [6.07, 6.45) is -9.69. The SMILES string of the molecule is CCNc1nc(NCC(O)C(F)F)cc(C(F)(F)F)n1. The molecule has 1 heterocycles. The summed E-state index contributed by atoms with van der Waals surface area (Å²) in [5, 5.41) is 13.6. The van der Waals surface area contributed by atoms with Gasteiger partial charge < -0.3 is 15.7 Å². The molecule has 0 bridgehead atoms. The number of aliphatic hydroxyl groups excluding tert-OH is 1. The number of rotatable bonds is 6. The molecule has 0 saturated heterocycles. The Morgan fingerprint density at radius 1 is 1.25 bits per heavy atom.